The minimum Gasteiger partial charge on any atom is -0.497 e. The first-order chi connectivity index (χ1) is 13.0. The first-order valence-electron chi connectivity index (χ1n) is 8.80. The van der Waals surface area contributed by atoms with Crippen LogP contribution in [-0.2, 0) is 9.53 Å². The van der Waals surface area contributed by atoms with E-state index in [1.54, 1.807) is 60.5 Å². The van der Waals surface area contributed by atoms with Gasteiger partial charge < -0.3 is 14.4 Å². The number of nitrogens with zero attached hydrogens (tertiary/aromatic N) is 1. The summed E-state index contributed by atoms with van der Waals surface area (Å²) in [7, 11) is 1.55. The molecule has 3 rings (SSSR count). The summed E-state index contributed by atoms with van der Waals surface area (Å²) >= 11 is 0. The Hall–Kier alpha value is -3.15. The molecule has 1 fully saturated rings. The van der Waals surface area contributed by atoms with Gasteiger partial charge in [-0.1, -0.05) is 12.1 Å². The van der Waals surface area contributed by atoms with Crippen molar-refractivity contribution in [3.05, 3.63) is 59.7 Å². The van der Waals surface area contributed by atoms with E-state index in [0.29, 0.717) is 30.0 Å². The van der Waals surface area contributed by atoms with Crippen molar-refractivity contribution in [2.75, 3.05) is 18.6 Å². The quantitative estimate of drug-likeness (QED) is 0.579. The van der Waals surface area contributed by atoms with Crippen LogP contribution in [0.1, 0.15) is 40.5 Å². The van der Waals surface area contributed by atoms with Gasteiger partial charge in [0.1, 0.15) is 5.75 Å². The molecule has 1 saturated heterocycles. The number of methoxy groups -OCH3 is 1. The number of carbonyl (C=O) groups is 3. The van der Waals surface area contributed by atoms with Crippen LogP contribution in [0, 0.1) is 0 Å². The van der Waals surface area contributed by atoms with Gasteiger partial charge in [0.05, 0.1) is 18.4 Å². The fourth-order valence-corrected chi connectivity index (χ4v) is 3.05. The summed E-state index contributed by atoms with van der Waals surface area (Å²) in [5.41, 5.74) is 1.23. The second-order valence-electron chi connectivity index (χ2n) is 6.31. The molecule has 1 atom stereocenters. The molecule has 2 aromatic carbocycles. The highest BCUT2D eigenvalue weighted by atomic mass is 16.5. The van der Waals surface area contributed by atoms with Gasteiger partial charge in [-0.15, -0.1) is 0 Å². The Morgan fingerprint density at radius 2 is 1.78 bits per heavy atom. The van der Waals surface area contributed by atoms with E-state index in [0.717, 1.165) is 6.42 Å². The van der Waals surface area contributed by atoms with Crippen LogP contribution in [0.15, 0.2) is 48.5 Å². The van der Waals surface area contributed by atoms with E-state index in [1.807, 2.05) is 0 Å². The maximum Gasteiger partial charge on any atom is 0.340 e. The Morgan fingerprint density at radius 3 is 2.41 bits per heavy atom. The molecule has 1 heterocycles. The lowest BCUT2D eigenvalue weighted by atomic mass is 10.1. The zero-order chi connectivity index (χ0) is 19.4. The lowest BCUT2D eigenvalue weighted by molar-refractivity contribution is -0.117. The van der Waals surface area contributed by atoms with Crippen LogP contribution >= 0.6 is 0 Å². The molecule has 0 saturated carbocycles. The van der Waals surface area contributed by atoms with Crippen LogP contribution in [0.25, 0.3) is 0 Å². The summed E-state index contributed by atoms with van der Waals surface area (Å²) in [6, 6.07) is 13.4. The lowest BCUT2D eigenvalue weighted by Crippen LogP contribution is -2.28. The summed E-state index contributed by atoms with van der Waals surface area (Å²) < 4.78 is 10.5. The molecule has 0 bridgehead atoms. The molecule has 140 valence electrons. The number of ether oxygens (including phenoxy) is 2. The smallest absolute Gasteiger partial charge is 0.340 e. The van der Waals surface area contributed by atoms with E-state index in [1.165, 1.54) is 6.92 Å². The average Bonchev–Trinajstić information content (AvgIpc) is 3.13. The molecule has 6 nitrogen and oxygen atoms in total. The van der Waals surface area contributed by atoms with Crippen molar-refractivity contribution in [3.8, 4) is 5.75 Å². The lowest BCUT2D eigenvalue weighted by Gasteiger charge is -2.20. The number of hydrogen-bond acceptors (Lipinski definition) is 5. The van der Waals surface area contributed by atoms with E-state index in [9.17, 15) is 14.4 Å². The molecule has 6 heteroatoms. The van der Waals surface area contributed by atoms with Crippen molar-refractivity contribution in [1.29, 1.82) is 0 Å². The normalized spacial score (nSPS) is 14.7. The van der Waals surface area contributed by atoms with Crippen LogP contribution in [0.4, 0.5) is 5.69 Å². The van der Waals surface area contributed by atoms with Crippen LogP contribution < -0.4 is 9.64 Å². The fraction of sp³-hybridized carbons (Fsp3) is 0.286. The molecule has 1 amide bonds. The summed E-state index contributed by atoms with van der Waals surface area (Å²) in [5, 5.41) is 0. The molecule has 2 aromatic rings. The van der Waals surface area contributed by atoms with Crippen molar-refractivity contribution in [2.45, 2.75) is 25.9 Å². The molecule has 0 aliphatic carbocycles. The molecule has 1 aliphatic heterocycles. The second kappa shape index (κ2) is 8.03. The van der Waals surface area contributed by atoms with Crippen molar-refractivity contribution in [1.82, 2.24) is 0 Å². The summed E-state index contributed by atoms with van der Waals surface area (Å²) in [6.07, 6.45) is 0.276. The summed E-state index contributed by atoms with van der Waals surface area (Å²) in [6.45, 7) is 2.11. The van der Waals surface area contributed by atoms with Crippen molar-refractivity contribution in [3.63, 3.8) is 0 Å². The zero-order valence-corrected chi connectivity index (χ0v) is 15.3. The zero-order valence-electron chi connectivity index (χ0n) is 15.3. The molecule has 0 spiro atoms. The van der Waals surface area contributed by atoms with Gasteiger partial charge in [0, 0.05) is 18.5 Å². The molecule has 0 radical (unpaired) electrons. The molecular formula is C21H21NO5. The number of amides is 1. The van der Waals surface area contributed by atoms with Crippen LogP contribution in [0.3, 0.4) is 0 Å². The maximum absolute atomic E-state index is 12.6. The number of esters is 1. The van der Waals surface area contributed by atoms with E-state index < -0.39 is 12.1 Å². The van der Waals surface area contributed by atoms with Crippen LogP contribution in [0.2, 0.25) is 0 Å². The molecule has 0 aromatic heterocycles. The monoisotopic (exact) mass is 367 g/mol. The second-order valence-corrected chi connectivity index (χ2v) is 6.31. The predicted octanol–water partition coefficient (Wildman–Crippen LogP) is 3.25. The highest BCUT2D eigenvalue weighted by molar-refractivity contribution is 6.05. The first-order valence-corrected chi connectivity index (χ1v) is 8.80. The Kier molecular flexibility index (Phi) is 5.54. The Balaban J connectivity index is 1.75. The molecule has 0 N–H and O–H groups in total. The van der Waals surface area contributed by atoms with E-state index in [4.69, 9.17) is 9.47 Å². The Bertz CT molecular complexity index is 859. The molecule has 1 aliphatic rings. The minimum absolute atomic E-state index is 0.0161. The van der Waals surface area contributed by atoms with Crippen molar-refractivity contribution in [2.24, 2.45) is 0 Å². The van der Waals surface area contributed by atoms with Gasteiger partial charge >= 0.3 is 5.97 Å². The van der Waals surface area contributed by atoms with Gasteiger partial charge in [-0.25, -0.2) is 4.79 Å². The number of benzene rings is 2. The number of carbonyl (C=O) groups excluding carboxylic acids is 3. The van der Waals surface area contributed by atoms with Gasteiger partial charge in [0.2, 0.25) is 11.7 Å². The fourth-order valence-electron chi connectivity index (χ4n) is 3.05. The van der Waals surface area contributed by atoms with Crippen LogP contribution in [0.5, 0.6) is 5.75 Å². The largest absolute Gasteiger partial charge is 0.497 e. The Labute approximate surface area is 157 Å². The topological polar surface area (TPSA) is 72.9 Å². The number of Topliss-reactive ketones (excluding diaryl/α,β-unsaturated/α-hetero) is 1. The number of anilines is 1. The van der Waals surface area contributed by atoms with Gasteiger partial charge in [-0.2, -0.15) is 0 Å². The van der Waals surface area contributed by atoms with E-state index in [2.05, 4.69) is 0 Å². The number of para-hydroxylation sites is 1. The summed E-state index contributed by atoms with van der Waals surface area (Å²) in [4.78, 5) is 38.8. The predicted molar refractivity (Wildman–Crippen MR) is 100 cm³/mol. The van der Waals surface area contributed by atoms with Gasteiger partial charge in [0.15, 0.2) is 6.10 Å². The average molecular weight is 367 g/mol. The van der Waals surface area contributed by atoms with Gasteiger partial charge in [-0.3, -0.25) is 9.59 Å². The highest BCUT2D eigenvalue weighted by Crippen LogP contribution is 2.26. The minimum atomic E-state index is -0.951. The third-order valence-corrected chi connectivity index (χ3v) is 4.52. The third-order valence-electron chi connectivity index (χ3n) is 4.52. The number of hydrogen-bond donors (Lipinski definition) is 0. The first kappa shape index (κ1) is 18.6. The molecular weight excluding hydrogens is 346 g/mol. The maximum atomic E-state index is 12.6. The number of ketones is 1. The molecule has 27 heavy (non-hydrogen) atoms. The standard InChI is InChI=1S/C21H21NO5/c1-14(20(24)15-9-11-16(26-2)12-10-15)27-21(25)17-6-3-4-7-18(17)22-13-5-8-19(22)23/h3-4,6-7,9-12,14H,5,8,13H2,1-2H3/t14-/m0/s1. The van der Waals surface area contributed by atoms with E-state index in [-0.39, 0.29) is 17.3 Å². The summed E-state index contributed by atoms with van der Waals surface area (Å²) in [5.74, 6) is -0.307. The van der Waals surface area contributed by atoms with Gasteiger partial charge in [0.25, 0.3) is 0 Å². The Morgan fingerprint density at radius 1 is 1.07 bits per heavy atom. The van der Waals surface area contributed by atoms with Crippen LogP contribution in [-0.4, -0.2) is 37.4 Å². The highest BCUT2D eigenvalue weighted by Gasteiger charge is 2.28. The SMILES string of the molecule is COc1ccc(C(=O)[C@H](C)OC(=O)c2ccccc2N2CCCC2=O)cc1. The van der Waals surface area contributed by atoms with Gasteiger partial charge in [-0.05, 0) is 49.7 Å². The van der Waals surface area contributed by atoms with Crippen molar-refractivity contribution >= 4 is 23.3 Å². The number of rotatable bonds is 6. The van der Waals surface area contributed by atoms with Crippen molar-refractivity contribution < 1.29 is 23.9 Å². The van der Waals surface area contributed by atoms with E-state index >= 15 is 0 Å². The molecule has 0 unspecified atom stereocenters. The third kappa shape index (κ3) is 4.00.